The number of nitrogens with zero attached hydrogens (tertiary/aromatic N) is 5. The molecule has 1 aliphatic heterocycles. The lowest BCUT2D eigenvalue weighted by atomic mass is 10.2. The smallest absolute Gasteiger partial charge is 0.263 e. The number of rotatable bonds is 6. The highest BCUT2D eigenvalue weighted by molar-refractivity contribution is 7.92. The van der Waals surface area contributed by atoms with Crippen molar-refractivity contribution < 1.29 is 13.2 Å². The summed E-state index contributed by atoms with van der Waals surface area (Å²) in [6, 6.07) is 15.5. The van der Waals surface area contributed by atoms with Crippen molar-refractivity contribution in [1.29, 1.82) is 0 Å². The Balaban J connectivity index is 1.21. The van der Waals surface area contributed by atoms with Crippen molar-refractivity contribution in [1.82, 2.24) is 19.4 Å². The molecular formula is C25H25ClN6O3S. The van der Waals surface area contributed by atoms with Crippen molar-refractivity contribution in [2.75, 3.05) is 35.8 Å². The van der Waals surface area contributed by atoms with Crippen LogP contribution in [0.3, 0.4) is 0 Å². The van der Waals surface area contributed by atoms with E-state index in [1.807, 2.05) is 46.9 Å². The molecule has 1 unspecified atom stereocenters. The average Bonchev–Trinajstić information content (AvgIpc) is 3.31. The minimum atomic E-state index is -3.75. The van der Waals surface area contributed by atoms with Gasteiger partial charge < -0.3 is 14.4 Å². The van der Waals surface area contributed by atoms with Crippen LogP contribution < -0.4 is 9.62 Å². The van der Waals surface area contributed by atoms with Crippen molar-refractivity contribution in [3.8, 4) is 0 Å². The van der Waals surface area contributed by atoms with E-state index >= 15 is 0 Å². The summed E-state index contributed by atoms with van der Waals surface area (Å²) in [7, 11) is -3.75. The highest BCUT2D eigenvalue weighted by Gasteiger charge is 2.27. The quantitative estimate of drug-likeness (QED) is 0.412. The van der Waals surface area contributed by atoms with Gasteiger partial charge in [0.1, 0.15) is 18.2 Å². The number of benzene rings is 2. The van der Waals surface area contributed by atoms with E-state index in [1.54, 1.807) is 24.3 Å². The Morgan fingerprint density at radius 2 is 1.78 bits per heavy atom. The summed E-state index contributed by atoms with van der Waals surface area (Å²) in [6.07, 6.45) is 4.67. The standard InChI is InChI=1S/C25H25ClN6O3S/c1-18(32-11-9-19-16-20(26)2-7-23(19)32)25(33)31-14-12-30(13-15-31)21-3-5-22(6-4-21)36(34,35)29-24-8-10-27-17-28-24/h2-11,16-18H,12-15H2,1H3,(H,27,28,29). The van der Waals surface area contributed by atoms with Gasteiger partial charge in [-0.1, -0.05) is 11.6 Å². The van der Waals surface area contributed by atoms with Crippen LogP contribution in [0.1, 0.15) is 13.0 Å². The minimum Gasteiger partial charge on any atom is -0.368 e. The van der Waals surface area contributed by atoms with Crippen molar-refractivity contribution in [3.63, 3.8) is 0 Å². The first kappa shape index (κ1) is 24.1. The molecule has 1 aliphatic rings. The number of carbonyl (C=O) groups is 1. The number of hydrogen-bond acceptors (Lipinski definition) is 6. The molecule has 1 amide bonds. The monoisotopic (exact) mass is 524 g/mol. The first-order valence-corrected chi connectivity index (χ1v) is 13.4. The lowest BCUT2D eigenvalue weighted by Gasteiger charge is -2.37. The molecule has 2 aromatic heterocycles. The molecular weight excluding hydrogens is 500 g/mol. The van der Waals surface area contributed by atoms with Crippen molar-refractivity contribution in [3.05, 3.63) is 78.3 Å². The van der Waals surface area contributed by atoms with Crippen LogP contribution >= 0.6 is 11.6 Å². The van der Waals surface area contributed by atoms with Crippen LogP contribution in [-0.4, -0.2) is 59.9 Å². The van der Waals surface area contributed by atoms with Crippen LogP contribution in [0.15, 0.2) is 78.2 Å². The number of aromatic nitrogens is 3. The molecule has 5 rings (SSSR count). The van der Waals surface area contributed by atoms with Gasteiger partial charge in [0.15, 0.2) is 0 Å². The Hall–Kier alpha value is -3.63. The van der Waals surface area contributed by atoms with Crippen LogP contribution in [0, 0.1) is 0 Å². The molecule has 4 aromatic rings. The topological polar surface area (TPSA) is 100 Å². The second-order valence-corrected chi connectivity index (χ2v) is 10.7. The highest BCUT2D eigenvalue weighted by atomic mass is 35.5. The van der Waals surface area contributed by atoms with E-state index in [1.165, 1.54) is 18.6 Å². The number of anilines is 2. The Morgan fingerprint density at radius 1 is 1.03 bits per heavy atom. The Labute approximate surface area is 214 Å². The van der Waals surface area contributed by atoms with Gasteiger partial charge in [0, 0.05) is 60.2 Å². The number of piperazine rings is 1. The van der Waals surface area contributed by atoms with Crippen LogP contribution in [-0.2, 0) is 14.8 Å². The summed E-state index contributed by atoms with van der Waals surface area (Å²) in [5.41, 5.74) is 1.88. The van der Waals surface area contributed by atoms with E-state index in [0.29, 0.717) is 31.2 Å². The number of nitrogens with one attached hydrogen (secondary N) is 1. The fourth-order valence-corrected chi connectivity index (χ4v) is 5.61. The molecule has 0 aliphatic carbocycles. The zero-order chi connectivity index (χ0) is 25.3. The fraction of sp³-hybridized carbons (Fsp3) is 0.240. The fourth-order valence-electron chi connectivity index (χ4n) is 4.42. The maximum atomic E-state index is 13.2. The molecule has 0 bridgehead atoms. The van der Waals surface area contributed by atoms with Crippen molar-refractivity contribution >= 4 is 49.9 Å². The summed E-state index contributed by atoms with van der Waals surface area (Å²) in [6.45, 7) is 4.40. The van der Waals surface area contributed by atoms with Gasteiger partial charge in [-0.25, -0.2) is 18.4 Å². The summed E-state index contributed by atoms with van der Waals surface area (Å²) in [5, 5.41) is 1.67. The SMILES string of the molecule is CC(C(=O)N1CCN(c2ccc(S(=O)(=O)Nc3ccncn3)cc2)CC1)n1ccc2cc(Cl)ccc21. The van der Waals surface area contributed by atoms with Gasteiger partial charge in [0.05, 0.1) is 4.90 Å². The van der Waals surface area contributed by atoms with E-state index < -0.39 is 10.0 Å². The molecule has 1 atom stereocenters. The van der Waals surface area contributed by atoms with Gasteiger partial charge in [0.2, 0.25) is 5.91 Å². The Morgan fingerprint density at radius 3 is 2.47 bits per heavy atom. The van der Waals surface area contributed by atoms with Gasteiger partial charge in [-0.05, 0) is 61.5 Å². The van der Waals surface area contributed by atoms with Gasteiger partial charge in [-0.2, -0.15) is 0 Å². The molecule has 0 saturated carbocycles. The zero-order valence-corrected chi connectivity index (χ0v) is 21.2. The third-order valence-electron chi connectivity index (χ3n) is 6.38. The number of halogens is 1. The Kier molecular flexibility index (Phi) is 6.55. The molecule has 9 nitrogen and oxygen atoms in total. The molecule has 36 heavy (non-hydrogen) atoms. The van der Waals surface area contributed by atoms with E-state index in [9.17, 15) is 13.2 Å². The summed E-state index contributed by atoms with van der Waals surface area (Å²) in [4.78, 5) is 25.1. The number of amides is 1. The van der Waals surface area contributed by atoms with Crippen LogP contribution in [0.25, 0.3) is 10.9 Å². The van der Waals surface area contributed by atoms with Crippen LogP contribution in [0.4, 0.5) is 11.5 Å². The number of sulfonamides is 1. The maximum Gasteiger partial charge on any atom is 0.263 e. The van der Waals surface area contributed by atoms with Crippen molar-refractivity contribution in [2.24, 2.45) is 0 Å². The van der Waals surface area contributed by atoms with E-state index in [2.05, 4.69) is 19.6 Å². The molecule has 186 valence electrons. The Bertz CT molecular complexity index is 1480. The molecule has 1 saturated heterocycles. The molecule has 1 fully saturated rings. The van der Waals surface area contributed by atoms with Gasteiger partial charge in [-0.15, -0.1) is 0 Å². The van der Waals surface area contributed by atoms with Crippen LogP contribution in [0.5, 0.6) is 0 Å². The van der Waals surface area contributed by atoms with Gasteiger partial charge >= 0.3 is 0 Å². The second-order valence-electron chi connectivity index (χ2n) is 8.61. The lowest BCUT2D eigenvalue weighted by molar-refractivity contribution is -0.134. The lowest BCUT2D eigenvalue weighted by Crippen LogP contribution is -2.50. The number of hydrogen-bond donors (Lipinski definition) is 1. The van der Waals surface area contributed by atoms with Crippen molar-refractivity contribution in [2.45, 2.75) is 17.9 Å². The van der Waals surface area contributed by atoms with E-state index in [-0.39, 0.29) is 22.7 Å². The van der Waals surface area contributed by atoms with E-state index in [4.69, 9.17) is 11.6 Å². The normalized spacial score (nSPS) is 15.2. The highest BCUT2D eigenvalue weighted by Crippen LogP contribution is 2.26. The van der Waals surface area contributed by atoms with Gasteiger partial charge in [0.25, 0.3) is 10.0 Å². The summed E-state index contributed by atoms with van der Waals surface area (Å²) >= 11 is 6.09. The predicted octanol–water partition coefficient (Wildman–Crippen LogP) is 3.80. The molecule has 3 heterocycles. The maximum absolute atomic E-state index is 13.2. The largest absolute Gasteiger partial charge is 0.368 e. The van der Waals surface area contributed by atoms with Gasteiger partial charge in [-0.3, -0.25) is 9.52 Å². The minimum absolute atomic E-state index is 0.0688. The molecule has 0 spiro atoms. The van der Waals surface area contributed by atoms with Crippen LogP contribution in [0.2, 0.25) is 5.02 Å². The average molecular weight is 525 g/mol. The number of carbonyl (C=O) groups excluding carboxylic acids is 1. The number of fused-ring (bicyclic) bond motifs is 1. The summed E-state index contributed by atoms with van der Waals surface area (Å²) in [5.74, 6) is 0.278. The molecule has 11 heteroatoms. The molecule has 0 radical (unpaired) electrons. The third-order valence-corrected chi connectivity index (χ3v) is 7.99. The second kappa shape index (κ2) is 9.79. The third kappa shape index (κ3) is 4.87. The summed E-state index contributed by atoms with van der Waals surface area (Å²) < 4.78 is 29.7. The first-order valence-electron chi connectivity index (χ1n) is 11.5. The molecule has 1 N–H and O–H groups in total. The molecule has 2 aromatic carbocycles. The zero-order valence-electron chi connectivity index (χ0n) is 19.6. The predicted molar refractivity (Wildman–Crippen MR) is 140 cm³/mol. The first-order chi connectivity index (χ1) is 17.3. The van der Waals surface area contributed by atoms with E-state index in [0.717, 1.165) is 16.6 Å².